The Morgan fingerprint density at radius 3 is 2.81 bits per heavy atom. The molecule has 2 heterocycles. The van der Waals surface area contributed by atoms with Gasteiger partial charge in [0.1, 0.15) is 5.75 Å². The van der Waals surface area contributed by atoms with Crippen LogP contribution in [0.3, 0.4) is 0 Å². The van der Waals surface area contributed by atoms with Crippen LogP contribution in [-0.4, -0.2) is 41.0 Å². The number of anilines is 1. The predicted molar refractivity (Wildman–Crippen MR) is 95.7 cm³/mol. The summed E-state index contributed by atoms with van der Waals surface area (Å²) in [6.45, 7) is 0. The Morgan fingerprint density at radius 1 is 1.22 bits per heavy atom. The summed E-state index contributed by atoms with van der Waals surface area (Å²) in [5.74, 6) is -2.30. The maximum atomic E-state index is 12.5. The maximum absolute atomic E-state index is 12.5. The molecule has 2 aromatic rings. The van der Waals surface area contributed by atoms with Crippen LogP contribution in [0.1, 0.15) is 31.8 Å². The van der Waals surface area contributed by atoms with E-state index in [4.69, 9.17) is 4.65 Å². The van der Waals surface area contributed by atoms with Crippen molar-refractivity contribution in [2.24, 2.45) is 0 Å². The fourth-order valence-electron chi connectivity index (χ4n) is 3.34. The SMILES string of the molecule is O=C1Cc2cc(C(=O)N[C@H]3Cc4cccc(C(=O)O)c4OB3O)ccc2N1. The van der Waals surface area contributed by atoms with Gasteiger partial charge in [0.25, 0.3) is 5.91 Å². The molecule has 0 fully saturated rings. The number of benzene rings is 2. The molecule has 0 aromatic heterocycles. The van der Waals surface area contributed by atoms with Gasteiger partial charge in [-0.05, 0) is 41.8 Å². The fraction of sp³-hybridized carbons (Fsp3) is 0.167. The lowest BCUT2D eigenvalue weighted by molar-refractivity contribution is -0.115. The summed E-state index contributed by atoms with van der Waals surface area (Å²) < 4.78 is 5.37. The van der Waals surface area contributed by atoms with Gasteiger partial charge in [-0.1, -0.05) is 12.1 Å². The van der Waals surface area contributed by atoms with Crippen molar-refractivity contribution in [3.05, 3.63) is 58.7 Å². The van der Waals surface area contributed by atoms with Crippen LogP contribution in [0.15, 0.2) is 36.4 Å². The van der Waals surface area contributed by atoms with E-state index in [1.165, 1.54) is 6.07 Å². The van der Waals surface area contributed by atoms with Gasteiger partial charge in [-0.15, -0.1) is 0 Å². The zero-order valence-electron chi connectivity index (χ0n) is 14.1. The van der Waals surface area contributed by atoms with Gasteiger partial charge in [0.05, 0.1) is 17.9 Å². The highest BCUT2D eigenvalue weighted by Gasteiger charge is 2.38. The molecular weight excluding hydrogens is 351 g/mol. The Kier molecular flexibility index (Phi) is 4.08. The van der Waals surface area contributed by atoms with Crippen LogP contribution in [0.5, 0.6) is 5.75 Å². The molecule has 0 spiro atoms. The quantitative estimate of drug-likeness (QED) is 0.591. The number of fused-ring (bicyclic) bond motifs is 2. The molecule has 2 amide bonds. The van der Waals surface area contributed by atoms with Gasteiger partial charge in [-0.25, -0.2) is 4.79 Å². The number of amides is 2. The van der Waals surface area contributed by atoms with Crippen molar-refractivity contribution in [2.45, 2.75) is 18.8 Å². The first kappa shape index (κ1) is 17.1. The zero-order valence-corrected chi connectivity index (χ0v) is 14.1. The fourth-order valence-corrected chi connectivity index (χ4v) is 3.34. The number of carbonyl (C=O) groups is 3. The summed E-state index contributed by atoms with van der Waals surface area (Å²) in [5.41, 5.74) is 2.35. The van der Waals surface area contributed by atoms with Crippen molar-refractivity contribution in [2.75, 3.05) is 5.32 Å². The maximum Gasteiger partial charge on any atom is 0.547 e. The van der Waals surface area contributed by atoms with Crippen LogP contribution in [0.25, 0.3) is 0 Å². The predicted octanol–water partition coefficient (Wildman–Crippen LogP) is 0.633. The van der Waals surface area contributed by atoms with Crippen molar-refractivity contribution >= 4 is 30.6 Å². The molecule has 4 N–H and O–H groups in total. The van der Waals surface area contributed by atoms with Crippen LogP contribution in [0, 0.1) is 0 Å². The smallest absolute Gasteiger partial charge is 0.534 e. The van der Waals surface area contributed by atoms with Gasteiger partial charge in [0, 0.05) is 11.3 Å². The third kappa shape index (κ3) is 3.13. The van der Waals surface area contributed by atoms with E-state index in [0.717, 1.165) is 5.56 Å². The molecule has 4 rings (SSSR count). The molecule has 9 heteroatoms. The molecule has 27 heavy (non-hydrogen) atoms. The van der Waals surface area contributed by atoms with Crippen molar-refractivity contribution in [1.29, 1.82) is 0 Å². The average molecular weight is 366 g/mol. The van der Waals surface area contributed by atoms with Crippen LogP contribution >= 0.6 is 0 Å². The lowest BCUT2D eigenvalue weighted by Gasteiger charge is -2.28. The molecule has 2 aliphatic rings. The Morgan fingerprint density at radius 2 is 2.04 bits per heavy atom. The number of para-hydroxylation sites is 1. The molecule has 0 unspecified atom stereocenters. The highest BCUT2D eigenvalue weighted by molar-refractivity contribution is 6.47. The first-order valence-corrected chi connectivity index (χ1v) is 8.36. The van der Waals surface area contributed by atoms with Crippen molar-refractivity contribution in [3.63, 3.8) is 0 Å². The van der Waals surface area contributed by atoms with E-state index in [2.05, 4.69) is 10.6 Å². The minimum absolute atomic E-state index is 0.0351. The number of carbonyl (C=O) groups excluding carboxylic acids is 2. The zero-order chi connectivity index (χ0) is 19.1. The second-order valence-electron chi connectivity index (χ2n) is 6.49. The Labute approximate surface area is 154 Å². The molecule has 0 bridgehead atoms. The number of hydrogen-bond acceptors (Lipinski definition) is 5. The van der Waals surface area contributed by atoms with Gasteiger partial charge >= 0.3 is 13.1 Å². The van der Waals surface area contributed by atoms with E-state index in [9.17, 15) is 24.5 Å². The lowest BCUT2D eigenvalue weighted by atomic mass is 9.72. The Hall–Kier alpha value is -3.33. The third-order valence-electron chi connectivity index (χ3n) is 4.66. The standard InChI is InChI=1S/C18H15BN2O6/c22-15-8-11-6-10(4-5-13(11)20-15)17(23)21-14-7-9-2-1-3-12(18(24)25)16(9)27-19(14)26/h1-6,14,26H,7-8H2,(H,20,22)(H,21,23)(H,24,25)/t14-/m0/s1. The van der Waals surface area contributed by atoms with Crippen LogP contribution in [-0.2, 0) is 17.6 Å². The number of carboxylic acids is 1. The highest BCUT2D eigenvalue weighted by atomic mass is 16.5. The highest BCUT2D eigenvalue weighted by Crippen LogP contribution is 2.30. The summed E-state index contributed by atoms with van der Waals surface area (Å²) in [7, 11) is -1.38. The molecule has 0 aliphatic carbocycles. The third-order valence-corrected chi connectivity index (χ3v) is 4.66. The number of hydrogen-bond donors (Lipinski definition) is 4. The summed E-state index contributed by atoms with van der Waals surface area (Å²) in [5, 5.41) is 24.9. The number of aromatic carboxylic acids is 1. The summed E-state index contributed by atoms with van der Waals surface area (Å²) in [6, 6.07) is 9.57. The minimum atomic E-state index is -1.38. The van der Waals surface area contributed by atoms with Crippen molar-refractivity contribution in [1.82, 2.24) is 5.32 Å². The molecule has 136 valence electrons. The number of carboxylic acid groups (broad SMARTS) is 1. The molecule has 0 saturated heterocycles. The molecule has 0 radical (unpaired) electrons. The van der Waals surface area contributed by atoms with Gasteiger partial charge in [-0.3, -0.25) is 9.59 Å². The van der Waals surface area contributed by atoms with E-state index >= 15 is 0 Å². The Bertz CT molecular complexity index is 976. The summed E-state index contributed by atoms with van der Waals surface area (Å²) in [6.07, 6.45) is 0.450. The normalized spacial score (nSPS) is 17.4. The van der Waals surface area contributed by atoms with Gasteiger partial charge in [0.2, 0.25) is 5.91 Å². The molecule has 2 aromatic carbocycles. The first-order chi connectivity index (χ1) is 12.9. The van der Waals surface area contributed by atoms with Gasteiger partial charge in [0.15, 0.2) is 0 Å². The van der Waals surface area contributed by atoms with Crippen molar-refractivity contribution < 1.29 is 29.2 Å². The van der Waals surface area contributed by atoms with Crippen LogP contribution in [0.4, 0.5) is 5.69 Å². The summed E-state index contributed by atoms with van der Waals surface area (Å²) >= 11 is 0. The summed E-state index contributed by atoms with van der Waals surface area (Å²) in [4.78, 5) is 35.3. The van der Waals surface area contributed by atoms with E-state index in [1.807, 2.05) is 0 Å². The topological polar surface area (TPSA) is 125 Å². The second kappa shape index (κ2) is 6.44. The first-order valence-electron chi connectivity index (χ1n) is 8.36. The average Bonchev–Trinajstić information content (AvgIpc) is 3.00. The molecule has 0 saturated carbocycles. The lowest BCUT2D eigenvalue weighted by Crippen LogP contribution is -2.53. The Balaban J connectivity index is 1.53. The van der Waals surface area contributed by atoms with E-state index < -0.39 is 24.9 Å². The number of rotatable bonds is 3. The molecule has 2 aliphatic heterocycles. The minimum Gasteiger partial charge on any atom is -0.534 e. The monoisotopic (exact) mass is 366 g/mol. The van der Waals surface area contributed by atoms with Crippen LogP contribution < -0.4 is 15.3 Å². The van der Waals surface area contributed by atoms with Crippen LogP contribution in [0.2, 0.25) is 0 Å². The number of nitrogens with one attached hydrogen (secondary N) is 2. The van der Waals surface area contributed by atoms with E-state index in [1.54, 1.807) is 30.3 Å². The largest absolute Gasteiger partial charge is 0.547 e. The van der Waals surface area contributed by atoms with Gasteiger partial charge in [-0.2, -0.15) is 0 Å². The molecular formula is C18H15BN2O6. The van der Waals surface area contributed by atoms with Gasteiger partial charge < -0.3 is 25.4 Å². The molecule has 1 atom stereocenters. The van der Waals surface area contributed by atoms with Crippen molar-refractivity contribution in [3.8, 4) is 5.75 Å². The van der Waals surface area contributed by atoms with E-state index in [-0.39, 0.29) is 30.1 Å². The second-order valence-corrected chi connectivity index (χ2v) is 6.49. The van der Waals surface area contributed by atoms with E-state index in [0.29, 0.717) is 16.8 Å². The molecule has 8 nitrogen and oxygen atoms in total.